The van der Waals surface area contributed by atoms with Crippen LogP contribution in [0.25, 0.3) is 0 Å². The van der Waals surface area contributed by atoms with Crippen molar-refractivity contribution in [2.45, 2.75) is 25.4 Å². The van der Waals surface area contributed by atoms with Gasteiger partial charge in [0, 0.05) is 32.3 Å². The topological polar surface area (TPSA) is 41.6 Å². The lowest BCUT2D eigenvalue weighted by molar-refractivity contribution is -0.135. The normalized spacial score (nSPS) is 23.4. The Kier molecular flexibility index (Phi) is 4.93. The van der Waals surface area contributed by atoms with E-state index < -0.39 is 0 Å². The molecule has 1 heterocycles. The number of nitrogens with zero attached hydrogens (tertiary/aromatic N) is 1. The second-order valence-corrected chi connectivity index (χ2v) is 5.01. The molecule has 104 valence electrons. The van der Waals surface area contributed by atoms with Crippen LogP contribution in [0.2, 0.25) is 0 Å². The van der Waals surface area contributed by atoms with E-state index >= 15 is 0 Å². The summed E-state index contributed by atoms with van der Waals surface area (Å²) in [5.74, 6) is 0.178. The standard InChI is InChI=1S/C15H22N2O2/c1-12-10-16-14(13-6-4-3-5-7-13)11-17(12)15(18)8-9-19-2/h3-7,12,14,16H,8-11H2,1-2H3. The summed E-state index contributed by atoms with van der Waals surface area (Å²) in [4.78, 5) is 14.1. The van der Waals surface area contributed by atoms with Gasteiger partial charge in [0.15, 0.2) is 0 Å². The Morgan fingerprint density at radius 2 is 2.16 bits per heavy atom. The van der Waals surface area contributed by atoms with Gasteiger partial charge in [-0.05, 0) is 12.5 Å². The molecule has 4 nitrogen and oxygen atoms in total. The predicted octanol–water partition coefficient (Wildman–Crippen LogP) is 1.58. The van der Waals surface area contributed by atoms with Gasteiger partial charge >= 0.3 is 0 Å². The van der Waals surface area contributed by atoms with E-state index in [9.17, 15) is 4.79 Å². The van der Waals surface area contributed by atoms with Gasteiger partial charge in [-0.15, -0.1) is 0 Å². The molecule has 1 N–H and O–H groups in total. The summed E-state index contributed by atoms with van der Waals surface area (Å²) in [5, 5.41) is 3.50. The van der Waals surface area contributed by atoms with Gasteiger partial charge in [0.05, 0.1) is 13.0 Å². The fourth-order valence-corrected chi connectivity index (χ4v) is 2.45. The van der Waals surface area contributed by atoms with Crippen molar-refractivity contribution in [1.29, 1.82) is 0 Å². The van der Waals surface area contributed by atoms with Gasteiger partial charge in [0.1, 0.15) is 0 Å². The molecule has 1 fully saturated rings. The van der Waals surface area contributed by atoms with Gasteiger partial charge in [-0.2, -0.15) is 0 Å². The molecule has 2 unspecified atom stereocenters. The van der Waals surface area contributed by atoms with Crippen molar-refractivity contribution in [2.24, 2.45) is 0 Å². The molecule has 1 aromatic rings. The molecular formula is C15H22N2O2. The maximum absolute atomic E-state index is 12.2. The average Bonchev–Trinajstić information content (AvgIpc) is 2.46. The lowest BCUT2D eigenvalue weighted by atomic mass is 10.0. The number of amides is 1. The summed E-state index contributed by atoms with van der Waals surface area (Å²) in [6, 6.07) is 10.7. The van der Waals surface area contributed by atoms with E-state index in [1.54, 1.807) is 7.11 Å². The Balaban J connectivity index is 2.02. The van der Waals surface area contributed by atoms with Crippen molar-refractivity contribution in [3.63, 3.8) is 0 Å². The smallest absolute Gasteiger partial charge is 0.225 e. The maximum Gasteiger partial charge on any atom is 0.225 e. The van der Waals surface area contributed by atoms with Crippen LogP contribution in [0.1, 0.15) is 24.9 Å². The third kappa shape index (κ3) is 3.55. The summed E-state index contributed by atoms with van der Waals surface area (Å²) < 4.78 is 4.99. The van der Waals surface area contributed by atoms with Crippen LogP contribution < -0.4 is 5.32 Å². The van der Waals surface area contributed by atoms with Crippen LogP contribution >= 0.6 is 0 Å². The van der Waals surface area contributed by atoms with Gasteiger partial charge < -0.3 is 15.0 Å². The fraction of sp³-hybridized carbons (Fsp3) is 0.533. The third-order valence-corrected chi connectivity index (χ3v) is 3.61. The number of rotatable bonds is 4. The Bertz CT molecular complexity index is 408. The molecule has 1 amide bonds. The van der Waals surface area contributed by atoms with Crippen LogP contribution in [-0.4, -0.2) is 43.7 Å². The Morgan fingerprint density at radius 3 is 2.84 bits per heavy atom. The second-order valence-electron chi connectivity index (χ2n) is 5.01. The molecule has 1 aromatic carbocycles. The molecule has 0 radical (unpaired) electrons. The molecular weight excluding hydrogens is 240 g/mol. The minimum absolute atomic E-state index is 0.178. The minimum atomic E-state index is 0.178. The van der Waals surface area contributed by atoms with E-state index in [-0.39, 0.29) is 18.0 Å². The fourth-order valence-electron chi connectivity index (χ4n) is 2.45. The van der Waals surface area contributed by atoms with Crippen molar-refractivity contribution in [1.82, 2.24) is 10.2 Å². The van der Waals surface area contributed by atoms with E-state index in [2.05, 4.69) is 24.4 Å². The second kappa shape index (κ2) is 6.68. The first-order valence-electron chi connectivity index (χ1n) is 6.79. The predicted molar refractivity (Wildman–Crippen MR) is 74.9 cm³/mol. The van der Waals surface area contributed by atoms with E-state index in [0.717, 1.165) is 13.1 Å². The first-order chi connectivity index (χ1) is 9.22. The van der Waals surface area contributed by atoms with Crippen LogP contribution in [0.15, 0.2) is 30.3 Å². The summed E-state index contributed by atoms with van der Waals surface area (Å²) in [7, 11) is 1.63. The summed E-state index contributed by atoms with van der Waals surface area (Å²) in [5.41, 5.74) is 1.24. The Hall–Kier alpha value is -1.39. The molecule has 0 aliphatic carbocycles. The highest BCUT2D eigenvalue weighted by Crippen LogP contribution is 2.20. The molecule has 0 saturated carbocycles. The molecule has 2 atom stereocenters. The van der Waals surface area contributed by atoms with Crippen molar-refractivity contribution in [2.75, 3.05) is 26.8 Å². The molecule has 0 bridgehead atoms. The number of carbonyl (C=O) groups is 1. The van der Waals surface area contributed by atoms with Crippen molar-refractivity contribution < 1.29 is 9.53 Å². The number of carbonyl (C=O) groups excluding carboxylic acids is 1. The number of ether oxygens (including phenoxy) is 1. The number of benzene rings is 1. The number of hydrogen-bond acceptors (Lipinski definition) is 3. The van der Waals surface area contributed by atoms with Gasteiger partial charge in [-0.3, -0.25) is 4.79 Å². The van der Waals surface area contributed by atoms with Crippen LogP contribution in [0.5, 0.6) is 0 Å². The first-order valence-corrected chi connectivity index (χ1v) is 6.79. The quantitative estimate of drug-likeness (QED) is 0.896. The lowest BCUT2D eigenvalue weighted by Crippen LogP contribution is -2.53. The highest BCUT2D eigenvalue weighted by atomic mass is 16.5. The molecule has 0 aromatic heterocycles. The highest BCUT2D eigenvalue weighted by Gasteiger charge is 2.28. The highest BCUT2D eigenvalue weighted by molar-refractivity contribution is 5.76. The van der Waals surface area contributed by atoms with Crippen molar-refractivity contribution in [3.8, 4) is 0 Å². The zero-order valence-electron chi connectivity index (χ0n) is 11.6. The van der Waals surface area contributed by atoms with Gasteiger partial charge in [-0.1, -0.05) is 30.3 Å². The maximum atomic E-state index is 12.2. The van der Waals surface area contributed by atoms with E-state index in [1.165, 1.54) is 5.56 Å². The third-order valence-electron chi connectivity index (χ3n) is 3.61. The van der Waals surface area contributed by atoms with Crippen LogP contribution in [0.4, 0.5) is 0 Å². The molecule has 1 saturated heterocycles. The lowest BCUT2D eigenvalue weighted by Gasteiger charge is -2.39. The molecule has 1 aliphatic rings. The van der Waals surface area contributed by atoms with E-state index in [0.29, 0.717) is 13.0 Å². The monoisotopic (exact) mass is 262 g/mol. The molecule has 0 spiro atoms. The Morgan fingerprint density at radius 1 is 1.42 bits per heavy atom. The minimum Gasteiger partial charge on any atom is -0.384 e. The zero-order chi connectivity index (χ0) is 13.7. The van der Waals surface area contributed by atoms with Crippen LogP contribution in [-0.2, 0) is 9.53 Å². The first kappa shape index (κ1) is 14.0. The SMILES string of the molecule is COCCC(=O)N1CC(c2ccccc2)NCC1C. The van der Waals surface area contributed by atoms with Crippen LogP contribution in [0.3, 0.4) is 0 Å². The van der Waals surface area contributed by atoms with Gasteiger partial charge in [0.25, 0.3) is 0 Å². The van der Waals surface area contributed by atoms with Crippen molar-refractivity contribution in [3.05, 3.63) is 35.9 Å². The number of piperazine rings is 1. The average molecular weight is 262 g/mol. The van der Waals surface area contributed by atoms with E-state index in [1.807, 2.05) is 23.1 Å². The number of nitrogens with one attached hydrogen (secondary N) is 1. The zero-order valence-corrected chi connectivity index (χ0v) is 11.6. The summed E-state index contributed by atoms with van der Waals surface area (Å²) in [6.45, 7) is 4.14. The van der Waals surface area contributed by atoms with Crippen LogP contribution in [0, 0.1) is 0 Å². The Labute approximate surface area is 114 Å². The van der Waals surface area contributed by atoms with E-state index in [4.69, 9.17) is 4.74 Å². The molecule has 2 rings (SSSR count). The largest absolute Gasteiger partial charge is 0.384 e. The summed E-state index contributed by atoms with van der Waals surface area (Å²) in [6.07, 6.45) is 0.461. The molecule has 1 aliphatic heterocycles. The molecule has 4 heteroatoms. The molecule has 19 heavy (non-hydrogen) atoms. The van der Waals surface area contributed by atoms with Crippen molar-refractivity contribution >= 4 is 5.91 Å². The summed E-state index contributed by atoms with van der Waals surface area (Å²) >= 11 is 0. The van der Waals surface area contributed by atoms with Gasteiger partial charge in [0.2, 0.25) is 5.91 Å². The number of methoxy groups -OCH3 is 1. The van der Waals surface area contributed by atoms with Gasteiger partial charge in [-0.25, -0.2) is 0 Å². The number of hydrogen-bond donors (Lipinski definition) is 1.